The summed E-state index contributed by atoms with van der Waals surface area (Å²) in [7, 11) is 0. The lowest BCUT2D eigenvalue weighted by molar-refractivity contribution is 0.0596. The van der Waals surface area contributed by atoms with Gasteiger partial charge in [0.2, 0.25) is 0 Å². The molecule has 4 N–H and O–H groups in total. The Hall–Kier alpha value is -0.940. The number of aliphatic hydroxyl groups excluding tert-OH is 3. The predicted octanol–water partition coefficient (Wildman–Crippen LogP) is 5.07. The topological polar surface area (TPSA) is 80.9 Å². The minimum absolute atomic E-state index is 0.149. The molecular weight excluding hydrogens is 400 g/mol. The average Bonchev–Trinajstić information content (AvgIpc) is 3.05. The van der Waals surface area contributed by atoms with Gasteiger partial charge in [-0.25, -0.2) is 0 Å². The first-order valence-electron chi connectivity index (χ1n) is 12.8. The summed E-state index contributed by atoms with van der Waals surface area (Å²) >= 11 is 0. The van der Waals surface area contributed by atoms with E-state index in [4.69, 9.17) is 5.11 Å². The smallest absolute Gasteiger partial charge is 0.0813 e. The van der Waals surface area contributed by atoms with Gasteiger partial charge in [0, 0.05) is 0 Å². The molecule has 3 aliphatic rings. The van der Waals surface area contributed by atoms with Crippen molar-refractivity contribution in [1.29, 1.82) is 0 Å². The third kappa shape index (κ3) is 5.94. The van der Waals surface area contributed by atoms with Crippen molar-refractivity contribution in [2.24, 2.45) is 23.2 Å². The van der Waals surface area contributed by atoms with Gasteiger partial charge in [-0.3, -0.25) is 0 Å². The molecule has 3 aliphatic carbocycles. The highest BCUT2D eigenvalue weighted by atomic mass is 16.3. The monoisotopic (exact) mass is 446 g/mol. The van der Waals surface area contributed by atoms with Crippen molar-refractivity contribution in [2.45, 2.75) is 110 Å². The Bertz CT molecular complexity index is 712. The molecule has 0 radical (unpaired) electrons. The maximum Gasteiger partial charge on any atom is 0.0813 e. The van der Waals surface area contributed by atoms with Gasteiger partial charge in [0.15, 0.2) is 0 Å². The van der Waals surface area contributed by atoms with Gasteiger partial charge in [0.1, 0.15) is 0 Å². The maximum atomic E-state index is 10.4. The van der Waals surface area contributed by atoms with Gasteiger partial charge >= 0.3 is 0 Å². The van der Waals surface area contributed by atoms with E-state index in [9.17, 15) is 15.3 Å². The van der Waals surface area contributed by atoms with E-state index < -0.39 is 17.8 Å². The van der Waals surface area contributed by atoms with Crippen LogP contribution in [0.15, 0.2) is 34.9 Å². The van der Waals surface area contributed by atoms with Gasteiger partial charge in [-0.15, -0.1) is 0 Å². The summed E-state index contributed by atoms with van der Waals surface area (Å²) < 4.78 is 0. The van der Waals surface area contributed by atoms with E-state index in [0.717, 1.165) is 30.8 Å². The summed E-state index contributed by atoms with van der Waals surface area (Å²) in [6, 6.07) is 0. The summed E-state index contributed by atoms with van der Waals surface area (Å²) in [4.78, 5) is 0. The van der Waals surface area contributed by atoms with Crippen LogP contribution < -0.4 is 0 Å². The molecule has 0 bridgehead atoms. The molecular formula is C28H46O4. The molecule has 0 aromatic heterocycles. The van der Waals surface area contributed by atoms with E-state index >= 15 is 0 Å². The lowest BCUT2D eigenvalue weighted by Gasteiger charge is -2.44. The van der Waals surface area contributed by atoms with Gasteiger partial charge < -0.3 is 20.4 Å². The third-order valence-electron chi connectivity index (χ3n) is 8.71. The second-order valence-corrected chi connectivity index (χ2v) is 11.7. The van der Waals surface area contributed by atoms with Crippen LogP contribution in [-0.2, 0) is 0 Å². The van der Waals surface area contributed by atoms with Crippen molar-refractivity contribution in [3.63, 3.8) is 0 Å². The summed E-state index contributed by atoms with van der Waals surface area (Å²) in [6.07, 6.45) is 15.1. The summed E-state index contributed by atoms with van der Waals surface area (Å²) in [6.45, 7) is 8.60. The first kappa shape index (κ1) is 25.7. The molecule has 182 valence electrons. The Labute approximate surface area is 195 Å². The molecule has 0 heterocycles. The summed E-state index contributed by atoms with van der Waals surface area (Å²) in [5.41, 5.74) is 3.00. The Morgan fingerprint density at radius 3 is 2.44 bits per heavy atom. The molecule has 32 heavy (non-hydrogen) atoms. The molecule has 0 aromatic rings. The van der Waals surface area contributed by atoms with Crippen molar-refractivity contribution in [3.8, 4) is 0 Å². The normalized spacial score (nSPS) is 35.7. The van der Waals surface area contributed by atoms with Crippen LogP contribution in [0.1, 0.15) is 91.9 Å². The molecule has 0 aromatic carbocycles. The number of aliphatic hydroxyl groups is 4. The lowest BCUT2D eigenvalue weighted by atomic mass is 9.60. The summed E-state index contributed by atoms with van der Waals surface area (Å²) in [5.74, 6) is 2.07. The fourth-order valence-corrected chi connectivity index (χ4v) is 7.05. The fraction of sp³-hybridized carbons (Fsp3) is 0.786. The van der Waals surface area contributed by atoms with Gasteiger partial charge in [0.05, 0.1) is 24.4 Å². The third-order valence-corrected chi connectivity index (χ3v) is 8.71. The number of hydrogen-bond acceptors (Lipinski definition) is 4. The SMILES string of the molecule is C[C@@H](CCCC(C)(C)O)[C@H]1CC[C@H]2/C(=C/C=C3C[C@@H](O)C(=CCO)[C@H](O)C3)CCC[C@]12C. The van der Waals surface area contributed by atoms with Crippen LogP contribution in [0.4, 0.5) is 0 Å². The Kier molecular flexibility index (Phi) is 8.46. The van der Waals surface area contributed by atoms with Crippen LogP contribution in [-0.4, -0.2) is 44.8 Å². The van der Waals surface area contributed by atoms with Crippen molar-refractivity contribution in [1.82, 2.24) is 0 Å². The zero-order chi connectivity index (χ0) is 23.5. The molecule has 3 saturated carbocycles. The van der Waals surface area contributed by atoms with Crippen LogP contribution in [0.5, 0.6) is 0 Å². The van der Waals surface area contributed by atoms with E-state index in [1.165, 1.54) is 32.1 Å². The first-order valence-corrected chi connectivity index (χ1v) is 12.8. The van der Waals surface area contributed by atoms with E-state index in [2.05, 4.69) is 26.0 Å². The van der Waals surface area contributed by atoms with Gasteiger partial charge in [-0.1, -0.05) is 56.1 Å². The zero-order valence-electron chi connectivity index (χ0n) is 20.7. The van der Waals surface area contributed by atoms with Crippen LogP contribution in [0.25, 0.3) is 0 Å². The number of allylic oxidation sites excluding steroid dienone is 3. The lowest BCUT2D eigenvalue weighted by Crippen LogP contribution is -2.36. The highest BCUT2D eigenvalue weighted by Crippen LogP contribution is 2.60. The fourth-order valence-electron chi connectivity index (χ4n) is 7.05. The first-order chi connectivity index (χ1) is 15.0. The Morgan fingerprint density at radius 1 is 1.12 bits per heavy atom. The molecule has 4 heteroatoms. The van der Waals surface area contributed by atoms with Crippen molar-refractivity contribution >= 4 is 0 Å². The summed E-state index contributed by atoms with van der Waals surface area (Å²) in [5, 5.41) is 39.9. The highest BCUT2D eigenvalue weighted by Gasteiger charge is 2.50. The minimum Gasteiger partial charge on any atom is -0.392 e. The average molecular weight is 447 g/mol. The Balaban J connectivity index is 1.67. The largest absolute Gasteiger partial charge is 0.392 e. The standard InChI is InChI=1S/C28H46O4/c1-19(7-5-14-27(2,3)32)23-11-12-24-21(8-6-15-28(23,24)4)10-9-20-17-25(30)22(13-16-29)26(31)18-20/h9-10,13,19,23-26,29-32H,5-8,11-12,14-18H2,1-4H3/b20-9?,21-10+,22-13?/t19-,23+,24-,25+,26+,28+/m0/s1. The highest BCUT2D eigenvalue weighted by molar-refractivity contribution is 5.30. The Morgan fingerprint density at radius 2 is 1.81 bits per heavy atom. The van der Waals surface area contributed by atoms with E-state index in [1.54, 1.807) is 11.6 Å². The molecule has 3 rings (SSSR count). The maximum absolute atomic E-state index is 10.4. The van der Waals surface area contributed by atoms with E-state index in [0.29, 0.717) is 35.7 Å². The van der Waals surface area contributed by atoms with Crippen molar-refractivity contribution in [3.05, 3.63) is 34.9 Å². The second-order valence-electron chi connectivity index (χ2n) is 11.7. The van der Waals surface area contributed by atoms with Crippen molar-refractivity contribution in [2.75, 3.05) is 6.61 Å². The molecule has 0 spiro atoms. The van der Waals surface area contributed by atoms with Crippen LogP contribution in [0, 0.1) is 23.2 Å². The predicted molar refractivity (Wildman–Crippen MR) is 130 cm³/mol. The van der Waals surface area contributed by atoms with E-state index in [-0.39, 0.29) is 6.61 Å². The molecule has 0 unspecified atom stereocenters. The van der Waals surface area contributed by atoms with Crippen LogP contribution in [0.2, 0.25) is 0 Å². The van der Waals surface area contributed by atoms with Crippen LogP contribution >= 0.6 is 0 Å². The van der Waals surface area contributed by atoms with Crippen molar-refractivity contribution < 1.29 is 20.4 Å². The second kappa shape index (κ2) is 10.5. The quantitative estimate of drug-likeness (QED) is 0.412. The molecule has 0 aliphatic heterocycles. The van der Waals surface area contributed by atoms with Gasteiger partial charge in [0.25, 0.3) is 0 Å². The van der Waals surface area contributed by atoms with Gasteiger partial charge in [-0.2, -0.15) is 0 Å². The molecule has 0 saturated heterocycles. The number of rotatable bonds is 7. The zero-order valence-corrected chi connectivity index (χ0v) is 20.7. The number of fused-ring (bicyclic) bond motifs is 1. The minimum atomic E-state index is -0.701. The molecule has 3 fully saturated rings. The van der Waals surface area contributed by atoms with Crippen LogP contribution in [0.3, 0.4) is 0 Å². The van der Waals surface area contributed by atoms with E-state index in [1.807, 2.05) is 13.8 Å². The number of hydrogen-bond donors (Lipinski definition) is 4. The molecule has 6 atom stereocenters. The van der Waals surface area contributed by atoms with Gasteiger partial charge in [-0.05, 0) is 94.0 Å². The molecule has 4 nitrogen and oxygen atoms in total. The molecule has 0 amide bonds.